The summed E-state index contributed by atoms with van der Waals surface area (Å²) in [5.41, 5.74) is 0. The first-order valence-corrected chi connectivity index (χ1v) is 9.81. The number of hydrogen-bond donors (Lipinski definition) is 0. The van der Waals surface area contributed by atoms with Gasteiger partial charge in [0.2, 0.25) is 0 Å². The van der Waals surface area contributed by atoms with Crippen molar-refractivity contribution in [2.45, 2.75) is 89.8 Å². The minimum atomic E-state index is -4.90. The number of phosphoric ester groups is 1. The van der Waals surface area contributed by atoms with Crippen LogP contribution in [0.5, 0.6) is 0 Å². The Labute approximate surface area is 185 Å². The maximum absolute atomic E-state index is 10.7. The van der Waals surface area contributed by atoms with Gasteiger partial charge >= 0.3 is 59.1 Å². The van der Waals surface area contributed by atoms with E-state index < -0.39 is 13.9 Å². The number of rotatable bonds is 14. The molecule has 2 unspecified atom stereocenters. The quantitative estimate of drug-likeness (QED) is 0.141. The van der Waals surface area contributed by atoms with Gasteiger partial charge in [-0.15, -0.1) is 0 Å². The van der Waals surface area contributed by atoms with E-state index in [1.807, 2.05) is 0 Å². The van der Waals surface area contributed by atoms with Crippen molar-refractivity contribution in [1.82, 2.24) is 0 Å². The first-order chi connectivity index (χ1) is 10.0. The molecule has 0 aliphatic carbocycles. The Bertz CT molecular complexity index is 310. The van der Waals surface area contributed by atoms with Crippen LogP contribution in [0.15, 0.2) is 0 Å². The third kappa shape index (κ3) is 17.3. The minimum Gasteiger partial charge on any atom is -0.790 e. The molecular weight excluding hydrogens is 337 g/mol. The van der Waals surface area contributed by atoms with Crippen molar-refractivity contribution in [2.75, 3.05) is 6.61 Å². The maximum Gasteiger partial charge on any atom is 1.00 e. The molecule has 0 aromatic carbocycles. The number of unbranched alkanes of at least 4 members (excludes halogenated alkanes) is 9. The summed E-state index contributed by atoms with van der Waals surface area (Å²) in [5, 5.41) is 0. The zero-order chi connectivity index (χ0) is 15.6. The molecule has 1 aliphatic rings. The molecule has 23 heavy (non-hydrogen) atoms. The summed E-state index contributed by atoms with van der Waals surface area (Å²) in [6.07, 6.45) is 12.1. The van der Waals surface area contributed by atoms with Crippen molar-refractivity contribution in [3.05, 3.63) is 0 Å². The zero-order valence-electron chi connectivity index (χ0n) is 15.1. The van der Waals surface area contributed by atoms with Gasteiger partial charge in [0.25, 0.3) is 0 Å². The number of phosphoric acid groups is 1. The molecule has 0 N–H and O–H groups in total. The van der Waals surface area contributed by atoms with Crippen LogP contribution < -0.4 is 68.9 Å². The van der Waals surface area contributed by atoms with E-state index in [-0.39, 0.29) is 65.2 Å². The van der Waals surface area contributed by atoms with Crippen molar-refractivity contribution in [3.63, 3.8) is 0 Å². The van der Waals surface area contributed by atoms with E-state index in [4.69, 9.17) is 4.74 Å². The van der Waals surface area contributed by atoms with Crippen molar-refractivity contribution >= 4 is 7.82 Å². The van der Waals surface area contributed by atoms with Gasteiger partial charge in [-0.1, -0.05) is 71.1 Å². The second-order valence-corrected chi connectivity index (χ2v) is 7.04. The van der Waals surface area contributed by atoms with Gasteiger partial charge in [0.15, 0.2) is 0 Å². The monoisotopic (exact) mass is 366 g/mol. The summed E-state index contributed by atoms with van der Waals surface area (Å²) in [7, 11) is -4.90. The van der Waals surface area contributed by atoms with Crippen LogP contribution in [-0.4, -0.2) is 18.8 Å². The molecule has 1 rings (SSSR count). The van der Waals surface area contributed by atoms with Gasteiger partial charge in [-0.05, 0) is 6.42 Å². The van der Waals surface area contributed by atoms with Crippen LogP contribution >= 0.6 is 7.82 Å². The van der Waals surface area contributed by atoms with Crippen LogP contribution in [0.2, 0.25) is 0 Å². The standard InChI is InChI=1S/C15H31O5P.2Na/c1-2-3-4-5-6-7-8-9-10-11-12-14(15-13-19-15)20-21(16,17)18;;/h14-15H,2-13H2,1H3,(H2,16,17,18);;/q;2*+1/p-2. The van der Waals surface area contributed by atoms with Crippen LogP contribution in [0.3, 0.4) is 0 Å². The van der Waals surface area contributed by atoms with Gasteiger partial charge in [-0.25, -0.2) is 0 Å². The van der Waals surface area contributed by atoms with Gasteiger partial charge in [-0.2, -0.15) is 0 Å². The van der Waals surface area contributed by atoms with Crippen LogP contribution in [-0.2, 0) is 13.8 Å². The third-order valence-electron chi connectivity index (χ3n) is 3.88. The molecule has 0 saturated carbocycles. The van der Waals surface area contributed by atoms with Crippen molar-refractivity contribution < 1.29 is 82.7 Å². The smallest absolute Gasteiger partial charge is 0.790 e. The average Bonchev–Trinajstić information content (AvgIpc) is 3.22. The summed E-state index contributed by atoms with van der Waals surface area (Å²) in [4.78, 5) is 21.3. The van der Waals surface area contributed by atoms with Gasteiger partial charge in [0.1, 0.15) is 6.10 Å². The average molecular weight is 366 g/mol. The van der Waals surface area contributed by atoms with E-state index in [9.17, 15) is 14.4 Å². The molecule has 0 amide bonds. The third-order valence-corrected chi connectivity index (χ3v) is 4.41. The molecule has 0 aromatic heterocycles. The van der Waals surface area contributed by atoms with Crippen molar-refractivity contribution in [2.24, 2.45) is 0 Å². The molecule has 5 nitrogen and oxygen atoms in total. The molecule has 126 valence electrons. The first-order valence-electron chi connectivity index (χ1n) is 8.35. The van der Waals surface area contributed by atoms with Crippen LogP contribution in [0, 0.1) is 0 Å². The Hall–Kier alpha value is 2.07. The Balaban J connectivity index is 0. The molecule has 2 atom stereocenters. The fraction of sp³-hybridized carbons (Fsp3) is 1.00. The summed E-state index contributed by atoms with van der Waals surface area (Å²) in [6, 6.07) is 0. The first kappa shape index (κ1) is 27.3. The molecule has 0 aromatic rings. The van der Waals surface area contributed by atoms with Gasteiger partial charge in [0.05, 0.1) is 20.5 Å². The van der Waals surface area contributed by atoms with E-state index in [2.05, 4.69) is 11.4 Å². The van der Waals surface area contributed by atoms with Crippen LogP contribution in [0.25, 0.3) is 0 Å². The van der Waals surface area contributed by atoms with Crippen molar-refractivity contribution in [1.29, 1.82) is 0 Å². The molecule has 8 heteroatoms. The van der Waals surface area contributed by atoms with Crippen LogP contribution in [0.1, 0.15) is 77.6 Å². The molecule has 1 aliphatic heterocycles. The fourth-order valence-electron chi connectivity index (χ4n) is 2.58. The Morgan fingerprint density at radius 3 is 1.83 bits per heavy atom. The Morgan fingerprint density at radius 2 is 1.43 bits per heavy atom. The van der Waals surface area contributed by atoms with E-state index in [0.29, 0.717) is 13.0 Å². The summed E-state index contributed by atoms with van der Waals surface area (Å²) in [5.74, 6) is 0. The number of hydrogen-bond acceptors (Lipinski definition) is 5. The second-order valence-electron chi connectivity index (χ2n) is 5.93. The largest absolute Gasteiger partial charge is 1.00 e. The number of ether oxygens (including phenoxy) is 1. The molecule has 0 spiro atoms. The molecule has 1 heterocycles. The van der Waals surface area contributed by atoms with Gasteiger partial charge in [-0.3, -0.25) is 0 Å². The molecule has 0 bridgehead atoms. The van der Waals surface area contributed by atoms with Gasteiger partial charge in [0, 0.05) is 0 Å². The second kappa shape index (κ2) is 16.3. The molecule has 0 radical (unpaired) electrons. The Morgan fingerprint density at radius 1 is 1.00 bits per heavy atom. The summed E-state index contributed by atoms with van der Waals surface area (Å²) in [6.45, 7) is 2.73. The predicted octanol–water partition coefficient (Wildman–Crippen LogP) is -3.08. The van der Waals surface area contributed by atoms with E-state index in [0.717, 1.165) is 12.8 Å². The molecular formula is C15H29Na2O5P. The SMILES string of the molecule is CCCCCCCCCCCCC(OP(=O)([O-])[O-])C1CO1.[Na+].[Na+]. The predicted molar refractivity (Wildman–Crippen MR) is 78.7 cm³/mol. The zero-order valence-corrected chi connectivity index (χ0v) is 20.0. The topological polar surface area (TPSA) is 85.0 Å². The van der Waals surface area contributed by atoms with Crippen LogP contribution in [0.4, 0.5) is 0 Å². The van der Waals surface area contributed by atoms with Gasteiger partial charge < -0.3 is 23.6 Å². The summed E-state index contributed by atoms with van der Waals surface area (Å²) < 4.78 is 20.2. The Kier molecular flexibility index (Phi) is 19.3. The van der Waals surface area contributed by atoms with Crippen molar-refractivity contribution in [3.8, 4) is 0 Å². The van der Waals surface area contributed by atoms with E-state index in [1.165, 1.54) is 51.4 Å². The molecule has 1 fully saturated rings. The minimum absolute atomic E-state index is 0. The van der Waals surface area contributed by atoms with E-state index >= 15 is 0 Å². The maximum atomic E-state index is 10.7. The normalized spacial score (nSPS) is 18.0. The number of epoxide rings is 1. The van der Waals surface area contributed by atoms with E-state index in [1.54, 1.807) is 0 Å². The molecule has 1 saturated heterocycles. The summed E-state index contributed by atoms with van der Waals surface area (Å²) >= 11 is 0. The fourth-order valence-corrected chi connectivity index (χ4v) is 3.15.